The molecule has 2 rings (SSSR count). The van der Waals surface area contributed by atoms with E-state index in [-0.39, 0.29) is 17.4 Å². The minimum atomic E-state index is -0.277. The summed E-state index contributed by atoms with van der Waals surface area (Å²) in [6, 6.07) is 1.93. The molecule has 0 aliphatic carbocycles. The molecule has 0 amide bonds. The molecule has 27 heavy (non-hydrogen) atoms. The van der Waals surface area contributed by atoms with Crippen LogP contribution in [0.3, 0.4) is 0 Å². The van der Waals surface area contributed by atoms with E-state index in [2.05, 4.69) is 51.4 Å². The third-order valence-corrected chi connectivity index (χ3v) is 5.16. The van der Waals surface area contributed by atoms with E-state index < -0.39 is 0 Å². The number of rotatable bonds is 10. The molecule has 1 aromatic rings. The lowest BCUT2D eigenvalue weighted by atomic mass is 10.1. The van der Waals surface area contributed by atoms with Crippen molar-refractivity contribution in [2.45, 2.75) is 53.2 Å². The van der Waals surface area contributed by atoms with Crippen molar-refractivity contribution in [2.24, 2.45) is 17.8 Å². The van der Waals surface area contributed by atoms with E-state index in [0.717, 1.165) is 31.3 Å². The molecule has 2 atom stereocenters. The Balaban J connectivity index is 2.02. The van der Waals surface area contributed by atoms with Gasteiger partial charge in [0.15, 0.2) is 0 Å². The van der Waals surface area contributed by atoms with E-state index in [4.69, 9.17) is 9.47 Å². The maximum absolute atomic E-state index is 12.6. The molecule has 1 fully saturated rings. The van der Waals surface area contributed by atoms with Crippen LogP contribution in [0.1, 0.15) is 47.8 Å². The van der Waals surface area contributed by atoms with Gasteiger partial charge in [-0.25, -0.2) is 4.79 Å². The smallest absolute Gasteiger partial charge is 0.351 e. The zero-order valence-corrected chi connectivity index (χ0v) is 18.4. The average Bonchev–Trinajstić information content (AvgIpc) is 3.01. The Morgan fingerprint density at radius 3 is 2.44 bits per heavy atom. The fourth-order valence-electron chi connectivity index (χ4n) is 3.02. The van der Waals surface area contributed by atoms with Crippen molar-refractivity contribution in [3.05, 3.63) is 22.7 Å². The lowest BCUT2D eigenvalue weighted by Crippen LogP contribution is -2.35. The molecule has 0 unspecified atom stereocenters. The fourth-order valence-corrected chi connectivity index (χ4v) is 4.04. The van der Waals surface area contributed by atoms with Crippen LogP contribution in [-0.2, 0) is 9.47 Å². The Bertz CT molecular complexity index is 623. The molecule has 6 nitrogen and oxygen atoms in total. The molecular weight excluding hydrogens is 362 g/mol. The molecule has 0 bridgehead atoms. The monoisotopic (exact) mass is 397 g/mol. The highest BCUT2D eigenvalue weighted by Crippen LogP contribution is 2.31. The summed E-state index contributed by atoms with van der Waals surface area (Å²) in [6.07, 6.45) is 1.54. The topological polar surface area (TPSA) is 56.6 Å². The van der Waals surface area contributed by atoms with Gasteiger partial charge in [-0.2, -0.15) is 4.98 Å². The molecule has 1 saturated heterocycles. The zero-order chi connectivity index (χ0) is 20.0. The first-order valence-corrected chi connectivity index (χ1v) is 11.0. The number of hydrogen-bond donors (Lipinski definition) is 0. The molecule has 1 aliphatic heterocycles. The second-order valence-electron chi connectivity index (χ2n) is 8.45. The summed E-state index contributed by atoms with van der Waals surface area (Å²) in [5, 5.41) is 0. The van der Waals surface area contributed by atoms with E-state index in [1.165, 1.54) is 0 Å². The van der Waals surface area contributed by atoms with Crippen molar-refractivity contribution in [3.63, 3.8) is 0 Å². The Morgan fingerprint density at radius 1 is 1.22 bits per heavy atom. The van der Waals surface area contributed by atoms with Gasteiger partial charge in [0, 0.05) is 31.6 Å². The van der Waals surface area contributed by atoms with Crippen molar-refractivity contribution < 1.29 is 9.47 Å². The van der Waals surface area contributed by atoms with Crippen molar-refractivity contribution in [2.75, 3.05) is 37.0 Å². The van der Waals surface area contributed by atoms with Crippen LogP contribution in [0.5, 0.6) is 0 Å². The van der Waals surface area contributed by atoms with E-state index >= 15 is 0 Å². The summed E-state index contributed by atoms with van der Waals surface area (Å²) in [4.78, 5) is 19.2. The summed E-state index contributed by atoms with van der Waals surface area (Å²) >= 11 is 1.69. The van der Waals surface area contributed by atoms with Crippen LogP contribution in [-0.4, -0.2) is 47.0 Å². The number of thioether (sulfide) groups is 1. The quantitative estimate of drug-likeness (QED) is 0.601. The van der Waals surface area contributed by atoms with Crippen molar-refractivity contribution in [1.29, 1.82) is 0 Å². The van der Waals surface area contributed by atoms with Gasteiger partial charge in [-0.3, -0.25) is 4.57 Å². The molecule has 0 saturated carbocycles. The fraction of sp³-hybridized carbons (Fsp3) is 0.800. The average molecular weight is 398 g/mol. The van der Waals surface area contributed by atoms with Crippen LogP contribution in [0, 0.1) is 17.8 Å². The van der Waals surface area contributed by atoms with E-state index in [0.29, 0.717) is 24.4 Å². The normalized spacial score (nSPS) is 20.2. The van der Waals surface area contributed by atoms with Crippen molar-refractivity contribution in [3.8, 4) is 0 Å². The third-order valence-electron chi connectivity index (χ3n) is 4.06. The van der Waals surface area contributed by atoms with Gasteiger partial charge in [0.05, 0.1) is 6.61 Å². The first-order chi connectivity index (χ1) is 12.8. The molecule has 2 heterocycles. The Labute approximate surface area is 167 Å². The highest BCUT2D eigenvalue weighted by Gasteiger charge is 2.28. The highest BCUT2D eigenvalue weighted by molar-refractivity contribution is 8.00. The van der Waals surface area contributed by atoms with E-state index in [1.54, 1.807) is 16.3 Å². The molecule has 0 spiro atoms. The van der Waals surface area contributed by atoms with Crippen molar-refractivity contribution in [1.82, 2.24) is 9.55 Å². The van der Waals surface area contributed by atoms with Crippen LogP contribution >= 0.6 is 11.8 Å². The van der Waals surface area contributed by atoms with Crippen LogP contribution in [0.2, 0.25) is 0 Å². The van der Waals surface area contributed by atoms with Gasteiger partial charge < -0.3 is 14.4 Å². The second-order valence-corrected chi connectivity index (χ2v) is 9.65. The summed E-state index contributed by atoms with van der Waals surface area (Å²) in [6.45, 7) is 16.0. The lowest BCUT2D eigenvalue weighted by molar-refractivity contribution is -0.0286. The predicted octanol–water partition coefficient (Wildman–Crippen LogP) is 3.62. The van der Waals surface area contributed by atoms with Gasteiger partial charge >= 0.3 is 5.69 Å². The summed E-state index contributed by atoms with van der Waals surface area (Å²) in [7, 11) is 0. The Kier molecular flexibility index (Phi) is 8.63. The first kappa shape index (κ1) is 22.2. The lowest BCUT2D eigenvalue weighted by Gasteiger charge is -2.27. The summed E-state index contributed by atoms with van der Waals surface area (Å²) in [5.74, 6) is 3.01. The molecule has 0 N–H and O–H groups in total. The Hall–Kier alpha value is -1.05. The maximum atomic E-state index is 12.6. The Morgan fingerprint density at radius 2 is 1.89 bits per heavy atom. The molecule has 0 aromatic carbocycles. The van der Waals surface area contributed by atoms with Gasteiger partial charge in [0.1, 0.15) is 17.5 Å². The summed E-state index contributed by atoms with van der Waals surface area (Å²) < 4.78 is 13.2. The first-order valence-electron chi connectivity index (χ1n) is 9.95. The molecule has 7 heteroatoms. The minimum Gasteiger partial charge on any atom is -0.378 e. The van der Waals surface area contributed by atoms with Gasteiger partial charge in [-0.15, -0.1) is 11.8 Å². The SMILES string of the molecule is CC(C)COC[C@@H]1O[C@H](n2ccc(N(CC(C)C)CC(C)C)nc2=O)CS1. The standard InChI is InChI=1S/C20H35N3O3S/c1-14(2)9-22(10-15(3)4)17-7-8-23(20(24)21-17)18-13-27-19(26-18)12-25-11-16(5)6/h7-8,14-16,18-19H,9-13H2,1-6H3/t18-,19+/m0/s1. The number of hydrogen-bond acceptors (Lipinski definition) is 6. The predicted molar refractivity (Wildman–Crippen MR) is 112 cm³/mol. The third kappa shape index (κ3) is 7.12. The molecule has 1 aromatic heterocycles. The highest BCUT2D eigenvalue weighted by atomic mass is 32.2. The van der Waals surface area contributed by atoms with Crippen molar-refractivity contribution >= 4 is 17.6 Å². The van der Waals surface area contributed by atoms with Crippen LogP contribution in [0.4, 0.5) is 5.82 Å². The molecular formula is C20H35N3O3S. The van der Waals surface area contributed by atoms with E-state index in [9.17, 15) is 4.79 Å². The zero-order valence-electron chi connectivity index (χ0n) is 17.6. The van der Waals surface area contributed by atoms with Crippen LogP contribution in [0.25, 0.3) is 0 Å². The number of anilines is 1. The maximum Gasteiger partial charge on any atom is 0.351 e. The molecule has 1 aliphatic rings. The van der Waals surface area contributed by atoms with Gasteiger partial charge in [-0.05, 0) is 23.8 Å². The molecule has 0 radical (unpaired) electrons. The minimum absolute atomic E-state index is 0.0290. The molecule has 154 valence electrons. The summed E-state index contributed by atoms with van der Waals surface area (Å²) in [5.41, 5.74) is -0.280. The van der Waals surface area contributed by atoms with Gasteiger partial charge in [-0.1, -0.05) is 41.5 Å². The second kappa shape index (κ2) is 10.5. The van der Waals surface area contributed by atoms with Gasteiger partial charge in [0.2, 0.25) is 0 Å². The number of aromatic nitrogens is 2. The van der Waals surface area contributed by atoms with Gasteiger partial charge in [0.25, 0.3) is 0 Å². The largest absolute Gasteiger partial charge is 0.378 e. The van der Waals surface area contributed by atoms with E-state index in [1.807, 2.05) is 12.3 Å². The van der Waals surface area contributed by atoms with Crippen LogP contribution < -0.4 is 10.6 Å². The number of ether oxygens (including phenoxy) is 2. The van der Waals surface area contributed by atoms with Crippen LogP contribution in [0.15, 0.2) is 17.1 Å². The number of nitrogens with zero attached hydrogens (tertiary/aromatic N) is 3.